The predicted octanol–water partition coefficient (Wildman–Crippen LogP) is 3.64. The normalized spacial score (nSPS) is 20.8. The Bertz CT molecular complexity index is 724. The van der Waals surface area contributed by atoms with Crippen molar-refractivity contribution in [3.63, 3.8) is 0 Å². The number of guanidine groups is 1. The van der Waals surface area contributed by atoms with Crippen LogP contribution in [0.15, 0.2) is 23.3 Å². The zero-order valence-corrected chi connectivity index (χ0v) is 20.7. The zero-order valence-electron chi connectivity index (χ0n) is 18.4. The molecule has 3 heterocycles. The molecule has 0 amide bonds. The Morgan fingerprint density at radius 3 is 2.62 bits per heavy atom. The minimum atomic E-state index is -4.12. The maximum Gasteiger partial charge on any atom is 0.401 e. The summed E-state index contributed by atoms with van der Waals surface area (Å²) in [6.07, 6.45) is 0.760. The van der Waals surface area contributed by atoms with Crippen molar-refractivity contribution in [1.29, 1.82) is 0 Å². The number of rotatable bonds is 7. The smallest absolute Gasteiger partial charge is 0.357 e. The standard InChI is InChI=1S/C21H32F4N6.HI/c1-2-26-20(28-10-5-16-6-11-30(12-7-16)15-21(23,24)25)29-17-8-13-31(14-17)19-18(22)4-3-9-27-19;/h3-4,9,16-17H,2,5-8,10-15H2,1H3,(H2,26,28,29);1H. The molecule has 2 saturated heterocycles. The van der Waals surface area contributed by atoms with Crippen molar-refractivity contribution in [1.82, 2.24) is 20.5 Å². The highest BCUT2D eigenvalue weighted by Gasteiger charge is 2.32. The third-order valence-corrected chi connectivity index (χ3v) is 5.83. The SMILES string of the molecule is CCNC(=NCCC1CCN(CC(F)(F)F)CC1)NC1CCN(c2ncccc2F)C1.I. The fourth-order valence-corrected chi connectivity index (χ4v) is 4.24. The van der Waals surface area contributed by atoms with E-state index in [0.717, 1.165) is 44.7 Å². The summed E-state index contributed by atoms with van der Waals surface area (Å²) in [5.41, 5.74) is 0. The topological polar surface area (TPSA) is 55.8 Å². The second-order valence-corrected chi connectivity index (χ2v) is 8.27. The first-order valence-electron chi connectivity index (χ1n) is 11.0. The Morgan fingerprint density at radius 1 is 1.22 bits per heavy atom. The number of likely N-dealkylation sites (tertiary alicyclic amines) is 1. The molecule has 2 N–H and O–H groups in total. The third kappa shape index (κ3) is 8.53. The van der Waals surface area contributed by atoms with Gasteiger partial charge in [0.15, 0.2) is 17.6 Å². The van der Waals surface area contributed by atoms with Crippen LogP contribution in [-0.2, 0) is 0 Å². The molecule has 0 spiro atoms. The molecule has 182 valence electrons. The molecule has 32 heavy (non-hydrogen) atoms. The second kappa shape index (κ2) is 12.8. The number of nitrogens with one attached hydrogen (secondary N) is 2. The summed E-state index contributed by atoms with van der Waals surface area (Å²) in [4.78, 5) is 12.2. The summed E-state index contributed by atoms with van der Waals surface area (Å²) in [6.45, 7) is 4.91. The summed E-state index contributed by atoms with van der Waals surface area (Å²) in [7, 11) is 0. The van der Waals surface area contributed by atoms with Gasteiger partial charge in [-0.15, -0.1) is 24.0 Å². The van der Waals surface area contributed by atoms with Crippen LogP contribution < -0.4 is 15.5 Å². The highest BCUT2D eigenvalue weighted by Crippen LogP contribution is 2.24. The van der Waals surface area contributed by atoms with Crippen molar-refractivity contribution in [3.8, 4) is 0 Å². The second-order valence-electron chi connectivity index (χ2n) is 8.27. The van der Waals surface area contributed by atoms with Crippen LogP contribution in [0.2, 0.25) is 0 Å². The van der Waals surface area contributed by atoms with Gasteiger partial charge in [0.05, 0.1) is 6.54 Å². The molecule has 1 unspecified atom stereocenters. The zero-order chi connectivity index (χ0) is 22.3. The van der Waals surface area contributed by atoms with Crippen LogP contribution in [0.25, 0.3) is 0 Å². The van der Waals surface area contributed by atoms with Crippen molar-refractivity contribution < 1.29 is 17.6 Å². The van der Waals surface area contributed by atoms with E-state index in [1.807, 2.05) is 11.8 Å². The van der Waals surface area contributed by atoms with E-state index < -0.39 is 12.7 Å². The molecule has 2 aliphatic rings. The van der Waals surface area contributed by atoms with E-state index in [-0.39, 0.29) is 35.8 Å². The van der Waals surface area contributed by atoms with Gasteiger partial charge in [-0.05, 0) is 63.7 Å². The molecule has 1 atom stereocenters. The summed E-state index contributed by atoms with van der Waals surface area (Å²) in [5.74, 6) is 1.20. The highest BCUT2D eigenvalue weighted by molar-refractivity contribution is 14.0. The van der Waals surface area contributed by atoms with Gasteiger partial charge in [-0.1, -0.05) is 0 Å². The number of pyridine rings is 1. The Hall–Kier alpha value is -1.37. The van der Waals surface area contributed by atoms with E-state index in [1.165, 1.54) is 11.0 Å². The number of alkyl halides is 3. The molecule has 3 rings (SSSR count). The third-order valence-electron chi connectivity index (χ3n) is 5.83. The number of anilines is 1. The van der Waals surface area contributed by atoms with Gasteiger partial charge in [-0.3, -0.25) is 9.89 Å². The van der Waals surface area contributed by atoms with E-state index in [4.69, 9.17) is 0 Å². The van der Waals surface area contributed by atoms with Crippen LogP contribution in [0.4, 0.5) is 23.4 Å². The van der Waals surface area contributed by atoms with E-state index in [0.29, 0.717) is 37.9 Å². The summed E-state index contributed by atoms with van der Waals surface area (Å²) in [5, 5.41) is 6.66. The molecule has 6 nitrogen and oxygen atoms in total. The lowest BCUT2D eigenvalue weighted by molar-refractivity contribution is -0.148. The first-order chi connectivity index (χ1) is 14.8. The molecule has 1 aromatic rings. The number of halogens is 5. The number of hydrogen-bond donors (Lipinski definition) is 2. The molecule has 1 aromatic heterocycles. The van der Waals surface area contributed by atoms with Crippen LogP contribution in [0.3, 0.4) is 0 Å². The quantitative estimate of drug-likeness (QED) is 0.226. The first-order valence-corrected chi connectivity index (χ1v) is 11.0. The van der Waals surface area contributed by atoms with Gasteiger partial charge in [0.25, 0.3) is 0 Å². The molecule has 11 heteroatoms. The van der Waals surface area contributed by atoms with Crippen LogP contribution >= 0.6 is 24.0 Å². The minimum absolute atomic E-state index is 0. The molecule has 2 aliphatic heterocycles. The lowest BCUT2D eigenvalue weighted by Gasteiger charge is -2.32. The van der Waals surface area contributed by atoms with Gasteiger partial charge in [0.2, 0.25) is 0 Å². The largest absolute Gasteiger partial charge is 0.401 e. The maximum absolute atomic E-state index is 14.0. The van der Waals surface area contributed by atoms with Crippen molar-refractivity contribution in [2.45, 2.75) is 44.8 Å². The van der Waals surface area contributed by atoms with Gasteiger partial charge >= 0.3 is 6.18 Å². The fourth-order valence-electron chi connectivity index (χ4n) is 4.24. The molecule has 0 aromatic carbocycles. The van der Waals surface area contributed by atoms with Crippen molar-refractivity contribution in [2.24, 2.45) is 10.9 Å². The molecule has 0 bridgehead atoms. The number of aliphatic imine (C=N–C) groups is 1. The molecule has 2 fully saturated rings. The molecule has 0 radical (unpaired) electrons. The average molecular weight is 572 g/mol. The number of hydrogen-bond acceptors (Lipinski definition) is 4. The molecule has 0 saturated carbocycles. The Balaban J connectivity index is 0.00000363. The number of piperidine rings is 1. The average Bonchev–Trinajstić information content (AvgIpc) is 3.17. The van der Waals surface area contributed by atoms with Crippen LogP contribution in [-0.4, -0.2) is 73.9 Å². The lowest BCUT2D eigenvalue weighted by atomic mass is 9.93. The van der Waals surface area contributed by atoms with E-state index >= 15 is 0 Å². The van der Waals surface area contributed by atoms with Gasteiger partial charge in [0.1, 0.15) is 0 Å². The predicted molar refractivity (Wildman–Crippen MR) is 129 cm³/mol. The molecular formula is C21H33F4IN6. The van der Waals surface area contributed by atoms with Crippen LogP contribution in [0.1, 0.15) is 32.6 Å². The monoisotopic (exact) mass is 572 g/mol. The lowest BCUT2D eigenvalue weighted by Crippen LogP contribution is -2.45. The Kier molecular flexibility index (Phi) is 10.7. The van der Waals surface area contributed by atoms with Gasteiger partial charge in [-0.2, -0.15) is 13.2 Å². The minimum Gasteiger partial charge on any atom is -0.357 e. The first kappa shape index (κ1) is 26.9. The van der Waals surface area contributed by atoms with E-state index in [9.17, 15) is 17.6 Å². The van der Waals surface area contributed by atoms with Crippen LogP contribution in [0, 0.1) is 11.7 Å². The van der Waals surface area contributed by atoms with Gasteiger partial charge in [0, 0.05) is 38.4 Å². The fraction of sp³-hybridized carbons (Fsp3) is 0.714. The summed E-state index contributed by atoms with van der Waals surface area (Å²) < 4.78 is 51.5. The van der Waals surface area contributed by atoms with Crippen molar-refractivity contribution in [2.75, 3.05) is 50.7 Å². The Labute approximate surface area is 204 Å². The summed E-state index contributed by atoms with van der Waals surface area (Å²) >= 11 is 0. The number of nitrogens with zero attached hydrogens (tertiary/aromatic N) is 4. The van der Waals surface area contributed by atoms with Gasteiger partial charge in [-0.25, -0.2) is 9.37 Å². The van der Waals surface area contributed by atoms with E-state index in [1.54, 1.807) is 12.3 Å². The van der Waals surface area contributed by atoms with Crippen molar-refractivity contribution in [3.05, 3.63) is 24.1 Å². The van der Waals surface area contributed by atoms with Crippen molar-refractivity contribution >= 4 is 35.8 Å². The molecular weight excluding hydrogens is 539 g/mol. The molecule has 0 aliphatic carbocycles. The van der Waals surface area contributed by atoms with E-state index in [2.05, 4.69) is 20.6 Å². The Morgan fingerprint density at radius 2 is 1.97 bits per heavy atom. The number of aromatic nitrogens is 1. The summed E-state index contributed by atoms with van der Waals surface area (Å²) in [6, 6.07) is 3.15. The van der Waals surface area contributed by atoms with Crippen LogP contribution in [0.5, 0.6) is 0 Å². The highest BCUT2D eigenvalue weighted by atomic mass is 127. The maximum atomic E-state index is 14.0. The van der Waals surface area contributed by atoms with Gasteiger partial charge < -0.3 is 15.5 Å².